The predicted octanol–water partition coefficient (Wildman–Crippen LogP) is 3.20. The second kappa shape index (κ2) is 11.2. The molecule has 2 radical (unpaired) electrons. The molecule has 0 spiro atoms. The van der Waals surface area contributed by atoms with Gasteiger partial charge in [0.1, 0.15) is 22.0 Å². The van der Waals surface area contributed by atoms with Gasteiger partial charge in [0.2, 0.25) is 0 Å². The van der Waals surface area contributed by atoms with E-state index in [1.165, 1.54) is 12.1 Å². The van der Waals surface area contributed by atoms with Gasteiger partial charge in [-0.1, -0.05) is 26.8 Å². The van der Waals surface area contributed by atoms with Crippen LogP contribution < -0.4 is 0 Å². The Hall–Kier alpha value is 0.223. The van der Waals surface area contributed by atoms with E-state index >= 15 is 0 Å². The first-order valence-electron chi connectivity index (χ1n) is 7.55. The molecule has 0 unspecified atom stereocenters. The molecular weight excluding hydrogens is 456 g/mol. The Morgan fingerprint density at radius 3 is 2.03 bits per heavy atom. The second-order valence-corrected chi connectivity index (χ2v) is 8.09. The molecule has 0 aliphatic carbocycles. The third kappa shape index (κ3) is 7.69. The van der Waals surface area contributed by atoms with Gasteiger partial charge in [0.05, 0.1) is 4.92 Å². The number of nitrogens with zero attached hydrogens (tertiary/aromatic N) is 3. The number of nitro groups is 1. The number of hydrogen-bond donors (Lipinski definition) is 3. The first-order valence-corrected chi connectivity index (χ1v) is 8.99. The van der Waals surface area contributed by atoms with Crippen molar-refractivity contribution in [2.24, 2.45) is 10.2 Å². The Bertz CT molecular complexity index is 1050. The summed E-state index contributed by atoms with van der Waals surface area (Å²) in [6.07, 6.45) is 0. The summed E-state index contributed by atoms with van der Waals surface area (Å²) in [5.74, 6) is -1.23. The summed E-state index contributed by atoms with van der Waals surface area (Å²) in [7, 11) is -4.93. The molecule has 0 aromatic heterocycles. The van der Waals surface area contributed by atoms with E-state index < -0.39 is 37.1 Å². The summed E-state index contributed by atoms with van der Waals surface area (Å²) in [5.41, 5.74) is -0.707. The van der Waals surface area contributed by atoms with Gasteiger partial charge in [0.15, 0.2) is 5.75 Å². The van der Waals surface area contributed by atoms with Crippen molar-refractivity contribution in [3.05, 3.63) is 46.0 Å². The summed E-state index contributed by atoms with van der Waals surface area (Å²) >= 11 is 0. The van der Waals surface area contributed by atoms with Gasteiger partial charge in [-0.05, 0) is 23.1 Å². The summed E-state index contributed by atoms with van der Waals surface area (Å²) in [4.78, 5) is 8.98. The fourth-order valence-electron chi connectivity index (χ4n) is 2.14. The van der Waals surface area contributed by atoms with Crippen LogP contribution >= 0.6 is 0 Å². The molecule has 10 nitrogen and oxygen atoms in total. The van der Waals surface area contributed by atoms with Gasteiger partial charge in [-0.2, -0.15) is 8.42 Å². The first kappa shape index (κ1) is 29.2. The van der Waals surface area contributed by atoms with Crippen molar-refractivity contribution in [3.8, 4) is 11.5 Å². The molecule has 13 heteroatoms. The van der Waals surface area contributed by atoms with Crippen LogP contribution in [0.3, 0.4) is 0 Å². The Morgan fingerprint density at radius 1 is 1.00 bits per heavy atom. The average molecular weight is 474 g/mol. The molecule has 2 aromatic carbocycles. The van der Waals surface area contributed by atoms with Crippen LogP contribution in [0.5, 0.6) is 11.5 Å². The van der Waals surface area contributed by atoms with Gasteiger partial charge in [0, 0.05) is 115 Å². The van der Waals surface area contributed by atoms with Crippen LogP contribution in [0.2, 0.25) is 0 Å². The van der Waals surface area contributed by atoms with E-state index in [-0.39, 0.29) is 120 Å². The number of phenols is 2. The van der Waals surface area contributed by atoms with Crippen molar-refractivity contribution in [1.82, 2.24) is 0 Å². The summed E-state index contributed by atoms with van der Waals surface area (Å²) < 4.78 is 31.8. The maximum atomic E-state index is 11.3. The normalized spacial score (nSPS) is 11.6. The third-order valence-electron chi connectivity index (χ3n) is 3.64. The molecule has 0 heterocycles. The molecule has 2 aromatic rings. The van der Waals surface area contributed by atoms with Gasteiger partial charge in [0.25, 0.3) is 15.8 Å². The second-order valence-electron chi connectivity index (χ2n) is 6.70. The Morgan fingerprint density at radius 2 is 1.55 bits per heavy atom. The number of rotatable bonds is 4. The van der Waals surface area contributed by atoms with Gasteiger partial charge in [-0.3, -0.25) is 14.7 Å². The van der Waals surface area contributed by atoms with Crippen LogP contribution in [0.15, 0.2) is 45.5 Å². The number of benzene rings is 2. The molecule has 0 bridgehead atoms. The SMILES string of the molecule is CC(C)(C)c1ccc(O)c(N=Nc2cc([N+](=O)[O-])cc(S(=O)(=O)O)c2O)c1.[K].[K]. The molecule has 0 atom stereocenters. The molecule has 146 valence electrons. The van der Waals surface area contributed by atoms with Gasteiger partial charge in [-0.25, -0.2) is 0 Å². The van der Waals surface area contributed by atoms with Crippen molar-refractivity contribution in [2.45, 2.75) is 31.1 Å². The standard InChI is InChI=1S/C16H17N3O7S.2K/c1-16(2,3)9-4-5-13(20)11(6-9)17-18-12-7-10(19(22)23)8-14(15(12)21)27(24,25)26;;/h4-8,20-21H,1-3H3,(H,24,25,26);;. The summed E-state index contributed by atoms with van der Waals surface area (Å²) in [6.45, 7) is 5.81. The Balaban J connectivity index is 0.00000392. The van der Waals surface area contributed by atoms with Crippen molar-refractivity contribution < 1.29 is 28.1 Å². The van der Waals surface area contributed by atoms with Crippen molar-refractivity contribution in [1.29, 1.82) is 0 Å². The molecule has 0 saturated heterocycles. The van der Waals surface area contributed by atoms with E-state index in [1.807, 2.05) is 20.8 Å². The fraction of sp³-hybridized carbons (Fsp3) is 0.250. The third-order valence-corrected chi connectivity index (χ3v) is 4.50. The molecule has 0 saturated carbocycles. The molecule has 3 N–H and O–H groups in total. The predicted molar refractivity (Wildman–Crippen MR) is 107 cm³/mol. The maximum absolute atomic E-state index is 11.3. The average Bonchev–Trinajstić information content (AvgIpc) is 2.52. The molecule has 0 amide bonds. The van der Waals surface area contributed by atoms with Crippen LogP contribution in [0, 0.1) is 10.1 Å². The zero-order valence-corrected chi connectivity index (χ0v) is 23.7. The van der Waals surface area contributed by atoms with Crippen molar-refractivity contribution in [3.63, 3.8) is 0 Å². The quantitative estimate of drug-likeness (QED) is 0.202. The smallest absolute Gasteiger partial charge is 0.298 e. The number of azo groups is 1. The van der Waals surface area contributed by atoms with Crippen LogP contribution in [0.25, 0.3) is 0 Å². The first-order chi connectivity index (χ1) is 12.3. The van der Waals surface area contributed by atoms with Crippen molar-refractivity contribution in [2.75, 3.05) is 0 Å². The Labute approximate surface area is 252 Å². The zero-order valence-electron chi connectivity index (χ0n) is 16.6. The van der Waals surface area contributed by atoms with E-state index in [1.54, 1.807) is 6.07 Å². The van der Waals surface area contributed by atoms with E-state index in [4.69, 9.17) is 4.55 Å². The topological polar surface area (TPSA) is 163 Å². The zero-order chi connectivity index (χ0) is 20.6. The largest absolute Gasteiger partial charge is 0.506 e. The Kier molecular flexibility index (Phi) is 11.3. The van der Waals surface area contributed by atoms with Crippen LogP contribution in [0.1, 0.15) is 26.3 Å². The van der Waals surface area contributed by atoms with E-state index in [0.717, 1.165) is 11.6 Å². The monoisotopic (exact) mass is 473 g/mol. The van der Waals surface area contributed by atoms with E-state index in [2.05, 4.69) is 10.2 Å². The molecular formula is C16H17K2N3O7S. The molecule has 29 heavy (non-hydrogen) atoms. The minimum atomic E-state index is -4.93. The summed E-state index contributed by atoms with van der Waals surface area (Å²) in [6, 6.07) is 5.91. The molecule has 0 aliphatic heterocycles. The number of hydrogen-bond acceptors (Lipinski definition) is 8. The van der Waals surface area contributed by atoms with Gasteiger partial charge < -0.3 is 10.2 Å². The number of non-ortho nitro benzene ring substituents is 1. The number of aromatic hydroxyl groups is 2. The van der Waals surface area contributed by atoms with E-state index in [0.29, 0.717) is 6.07 Å². The van der Waals surface area contributed by atoms with Gasteiger partial charge in [-0.15, -0.1) is 10.2 Å². The van der Waals surface area contributed by atoms with Crippen molar-refractivity contribution >= 4 is 130 Å². The van der Waals surface area contributed by atoms with Crippen LogP contribution in [-0.2, 0) is 15.5 Å². The molecule has 0 fully saturated rings. The number of nitro benzene ring substituents is 1. The minimum Gasteiger partial charge on any atom is -0.506 e. The maximum Gasteiger partial charge on any atom is 0.298 e. The minimum absolute atomic E-state index is 0. The van der Waals surface area contributed by atoms with Crippen LogP contribution in [0.4, 0.5) is 17.1 Å². The fourth-order valence-corrected chi connectivity index (χ4v) is 2.75. The van der Waals surface area contributed by atoms with Crippen LogP contribution in [-0.4, -0.2) is 131 Å². The molecule has 0 aliphatic rings. The number of phenolic OH excluding ortho intramolecular Hbond substituents is 2. The summed E-state index contributed by atoms with van der Waals surface area (Å²) in [5, 5.41) is 38.2. The molecule has 2 rings (SSSR count). The van der Waals surface area contributed by atoms with E-state index in [9.17, 15) is 28.7 Å². The van der Waals surface area contributed by atoms with Gasteiger partial charge >= 0.3 is 0 Å².